The van der Waals surface area contributed by atoms with E-state index in [1.165, 1.54) is 38.5 Å². The largest absolute Gasteiger partial charge is 0.486 e. The molecule has 2 heterocycles. The summed E-state index contributed by atoms with van der Waals surface area (Å²) in [5.74, 6) is 4.68. The standard InChI is InChI=1S/C20H22N4OS/c1-2-4-16(5-3-1)25-12-17-23-24-18(21-22-19(24)26-17)20-9-13-6-14(10-20)8-15(7-13)11-20/h1-5,13-15H,6-12H2. The third-order valence-electron chi connectivity index (χ3n) is 6.65. The van der Waals surface area contributed by atoms with Gasteiger partial charge < -0.3 is 4.74 Å². The predicted octanol–water partition coefficient (Wildman–Crippen LogP) is 4.23. The normalized spacial score (nSPS) is 32.4. The second-order valence-electron chi connectivity index (χ2n) is 8.51. The summed E-state index contributed by atoms with van der Waals surface area (Å²) in [6, 6.07) is 9.91. The number of ether oxygens (including phenoxy) is 1. The molecule has 0 radical (unpaired) electrons. The molecule has 4 saturated carbocycles. The molecule has 4 aliphatic carbocycles. The molecule has 0 amide bonds. The molecule has 26 heavy (non-hydrogen) atoms. The lowest BCUT2D eigenvalue weighted by Gasteiger charge is -2.55. The fraction of sp³-hybridized carbons (Fsp3) is 0.550. The van der Waals surface area contributed by atoms with Gasteiger partial charge in [-0.05, 0) is 68.4 Å². The van der Waals surface area contributed by atoms with Gasteiger partial charge in [-0.1, -0.05) is 29.5 Å². The van der Waals surface area contributed by atoms with Gasteiger partial charge in [-0.15, -0.1) is 10.2 Å². The van der Waals surface area contributed by atoms with Crippen molar-refractivity contribution in [3.05, 3.63) is 41.2 Å². The smallest absolute Gasteiger partial charge is 0.234 e. The number of aromatic nitrogens is 4. The molecule has 7 rings (SSSR count). The van der Waals surface area contributed by atoms with Crippen LogP contribution >= 0.6 is 11.3 Å². The summed E-state index contributed by atoms with van der Waals surface area (Å²) in [4.78, 5) is 0.905. The number of fused-ring (bicyclic) bond motifs is 1. The Morgan fingerprint density at radius 2 is 1.69 bits per heavy atom. The fourth-order valence-electron chi connectivity index (χ4n) is 6.09. The Morgan fingerprint density at radius 1 is 1.00 bits per heavy atom. The molecule has 0 saturated heterocycles. The lowest BCUT2D eigenvalue weighted by Crippen LogP contribution is -2.49. The Balaban J connectivity index is 1.31. The van der Waals surface area contributed by atoms with Crippen LogP contribution in [-0.2, 0) is 12.0 Å². The number of hydrogen-bond acceptors (Lipinski definition) is 5. The van der Waals surface area contributed by atoms with Crippen molar-refractivity contribution < 1.29 is 4.74 Å². The molecule has 0 unspecified atom stereocenters. The van der Waals surface area contributed by atoms with Gasteiger partial charge >= 0.3 is 0 Å². The topological polar surface area (TPSA) is 52.3 Å². The van der Waals surface area contributed by atoms with Gasteiger partial charge in [0.15, 0.2) is 10.8 Å². The third-order valence-corrected chi connectivity index (χ3v) is 7.52. The van der Waals surface area contributed by atoms with E-state index in [1.54, 1.807) is 11.3 Å². The van der Waals surface area contributed by atoms with Gasteiger partial charge in [-0.25, -0.2) is 0 Å². The summed E-state index contributed by atoms with van der Waals surface area (Å²) >= 11 is 1.59. The summed E-state index contributed by atoms with van der Waals surface area (Å²) in [5, 5.41) is 14.9. The molecule has 5 nitrogen and oxygen atoms in total. The van der Waals surface area contributed by atoms with Crippen molar-refractivity contribution in [1.29, 1.82) is 0 Å². The number of hydrogen-bond donors (Lipinski definition) is 0. The second kappa shape index (κ2) is 5.52. The number of rotatable bonds is 4. The maximum Gasteiger partial charge on any atom is 0.234 e. The Labute approximate surface area is 156 Å². The van der Waals surface area contributed by atoms with Crippen LogP contribution in [0.15, 0.2) is 30.3 Å². The SMILES string of the molecule is c1ccc(OCc2nn3c(C45CC6CC(CC(C6)C4)C5)nnc3s2)cc1. The third kappa shape index (κ3) is 2.31. The number of benzene rings is 1. The highest BCUT2D eigenvalue weighted by atomic mass is 32.1. The summed E-state index contributed by atoms with van der Waals surface area (Å²) in [7, 11) is 0. The van der Waals surface area contributed by atoms with Crippen molar-refractivity contribution in [3.8, 4) is 5.75 Å². The zero-order valence-corrected chi connectivity index (χ0v) is 15.5. The number of nitrogens with zero attached hydrogens (tertiary/aromatic N) is 4. The minimum absolute atomic E-state index is 0.222. The Hall–Kier alpha value is -1.95. The zero-order chi connectivity index (χ0) is 17.1. The molecule has 6 heteroatoms. The highest BCUT2D eigenvalue weighted by molar-refractivity contribution is 7.16. The molecule has 0 atom stereocenters. The van der Waals surface area contributed by atoms with Crippen LogP contribution in [0.3, 0.4) is 0 Å². The average Bonchev–Trinajstić information content (AvgIpc) is 3.20. The zero-order valence-electron chi connectivity index (χ0n) is 14.7. The van der Waals surface area contributed by atoms with Crippen LogP contribution in [0.2, 0.25) is 0 Å². The van der Waals surface area contributed by atoms with E-state index in [9.17, 15) is 0 Å². The van der Waals surface area contributed by atoms with Crippen molar-refractivity contribution in [2.45, 2.75) is 50.5 Å². The maximum absolute atomic E-state index is 5.87. The highest BCUT2D eigenvalue weighted by Gasteiger charge is 2.54. The first-order chi connectivity index (χ1) is 12.8. The van der Waals surface area contributed by atoms with E-state index in [0.717, 1.165) is 39.3 Å². The fourth-order valence-corrected chi connectivity index (χ4v) is 6.84. The molecule has 2 aromatic heterocycles. The summed E-state index contributed by atoms with van der Waals surface area (Å²) in [6.45, 7) is 0.484. The number of para-hydroxylation sites is 1. The second-order valence-corrected chi connectivity index (χ2v) is 9.55. The predicted molar refractivity (Wildman–Crippen MR) is 99.3 cm³/mol. The van der Waals surface area contributed by atoms with Gasteiger partial charge in [0.25, 0.3) is 0 Å². The van der Waals surface area contributed by atoms with E-state index in [0.29, 0.717) is 6.61 Å². The van der Waals surface area contributed by atoms with Crippen molar-refractivity contribution >= 4 is 16.3 Å². The first kappa shape index (κ1) is 15.1. The van der Waals surface area contributed by atoms with Crippen molar-refractivity contribution in [1.82, 2.24) is 19.8 Å². The van der Waals surface area contributed by atoms with E-state index in [2.05, 4.69) is 10.2 Å². The summed E-state index contributed by atoms with van der Waals surface area (Å²) in [5.41, 5.74) is 0.222. The average molecular weight is 366 g/mol. The molecule has 134 valence electrons. The van der Waals surface area contributed by atoms with Crippen LogP contribution in [-0.4, -0.2) is 19.8 Å². The van der Waals surface area contributed by atoms with Gasteiger partial charge in [0, 0.05) is 5.41 Å². The molecular formula is C20H22N4OS. The molecule has 4 fully saturated rings. The van der Waals surface area contributed by atoms with Gasteiger partial charge in [0.2, 0.25) is 4.96 Å². The minimum atomic E-state index is 0.222. The van der Waals surface area contributed by atoms with Crippen LogP contribution in [0.25, 0.3) is 4.96 Å². The van der Waals surface area contributed by atoms with Crippen molar-refractivity contribution in [2.24, 2.45) is 17.8 Å². The van der Waals surface area contributed by atoms with Crippen LogP contribution in [0.5, 0.6) is 5.75 Å². The quantitative estimate of drug-likeness (QED) is 0.693. The van der Waals surface area contributed by atoms with Crippen molar-refractivity contribution in [3.63, 3.8) is 0 Å². The Morgan fingerprint density at radius 3 is 2.38 bits per heavy atom. The van der Waals surface area contributed by atoms with E-state index in [1.807, 2.05) is 34.8 Å². The molecular weight excluding hydrogens is 344 g/mol. The van der Waals surface area contributed by atoms with Crippen LogP contribution in [0, 0.1) is 17.8 Å². The Bertz CT molecular complexity index is 912. The Kier molecular flexibility index (Phi) is 3.22. The van der Waals surface area contributed by atoms with E-state index in [4.69, 9.17) is 9.84 Å². The maximum atomic E-state index is 5.87. The van der Waals surface area contributed by atoms with Crippen LogP contribution in [0.4, 0.5) is 0 Å². The molecule has 4 bridgehead atoms. The van der Waals surface area contributed by atoms with E-state index >= 15 is 0 Å². The lowest BCUT2D eigenvalue weighted by atomic mass is 9.49. The summed E-state index contributed by atoms with van der Waals surface area (Å²) < 4.78 is 7.90. The first-order valence-electron chi connectivity index (χ1n) is 9.67. The van der Waals surface area contributed by atoms with Crippen molar-refractivity contribution in [2.75, 3.05) is 0 Å². The van der Waals surface area contributed by atoms with Crippen LogP contribution < -0.4 is 4.74 Å². The minimum Gasteiger partial charge on any atom is -0.486 e. The molecule has 0 N–H and O–H groups in total. The lowest BCUT2D eigenvalue weighted by molar-refractivity contribution is -0.0103. The molecule has 0 spiro atoms. The van der Waals surface area contributed by atoms with E-state index < -0.39 is 0 Å². The van der Waals surface area contributed by atoms with E-state index in [-0.39, 0.29) is 5.41 Å². The van der Waals surface area contributed by atoms with Crippen LogP contribution in [0.1, 0.15) is 49.4 Å². The molecule has 0 aliphatic heterocycles. The highest BCUT2D eigenvalue weighted by Crippen LogP contribution is 2.60. The van der Waals surface area contributed by atoms with Gasteiger partial charge in [0.05, 0.1) is 0 Å². The van der Waals surface area contributed by atoms with Gasteiger partial charge in [0.1, 0.15) is 12.4 Å². The molecule has 3 aromatic rings. The van der Waals surface area contributed by atoms with Gasteiger partial charge in [-0.2, -0.15) is 9.61 Å². The molecule has 4 aliphatic rings. The first-order valence-corrected chi connectivity index (χ1v) is 10.5. The summed E-state index contributed by atoms with van der Waals surface area (Å²) in [6.07, 6.45) is 8.17. The monoisotopic (exact) mass is 366 g/mol. The molecule has 1 aromatic carbocycles. The van der Waals surface area contributed by atoms with Gasteiger partial charge in [-0.3, -0.25) is 0 Å².